The van der Waals surface area contributed by atoms with E-state index in [2.05, 4.69) is 17.6 Å². The van der Waals surface area contributed by atoms with Crippen LogP contribution >= 0.6 is 0 Å². The van der Waals surface area contributed by atoms with Gasteiger partial charge in [-0.3, -0.25) is 11.3 Å². The Morgan fingerprint density at radius 1 is 1.29 bits per heavy atom. The molecular formula is C17H28N2O2. The number of nitrogens with two attached hydrogens (primary N) is 1. The van der Waals surface area contributed by atoms with Gasteiger partial charge in [0.1, 0.15) is 5.75 Å². The summed E-state index contributed by atoms with van der Waals surface area (Å²) in [7, 11) is 1.69. The molecule has 1 fully saturated rings. The highest BCUT2D eigenvalue weighted by Crippen LogP contribution is 2.19. The normalized spacial score (nSPS) is 20.2. The van der Waals surface area contributed by atoms with Crippen molar-refractivity contribution in [2.45, 2.75) is 57.1 Å². The monoisotopic (exact) mass is 292 g/mol. The van der Waals surface area contributed by atoms with E-state index in [1.165, 1.54) is 24.8 Å². The molecule has 2 rings (SSSR count). The minimum absolute atomic E-state index is 0.359. The number of hydrazine groups is 1. The molecule has 1 saturated heterocycles. The zero-order valence-electron chi connectivity index (χ0n) is 13.0. The van der Waals surface area contributed by atoms with Gasteiger partial charge < -0.3 is 9.47 Å². The van der Waals surface area contributed by atoms with Crippen LogP contribution in [0, 0.1) is 0 Å². The molecule has 4 heteroatoms. The summed E-state index contributed by atoms with van der Waals surface area (Å²) in [5.41, 5.74) is 4.28. The number of benzene rings is 1. The zero-order chi connectivity index (χ0) is 14.9. The Morgan fingerprint density at radius 2 is 2.10 bits per heavy atom. The maximum atomic E-state index is 5.78. The Hall–Kier alpha value is -1.10. The SMILES string of the molecule is COc1ccc(CCC(CCC2CCCCO2)NN)cc1. The molecule has 1 aromatic rings. The van der Waals surface area contributed by atoms with E-state index in [0.29, 0.717) is 12.1 Å². The van der Waals surface area contributed by atoms with Crippen LogP contribution in [0.2, 0.25) is 0 Å². The van der Waals surface area contributed by atoms with E-state index in [-0.39, 0.29) is 0 Å². The molecule has 0 spiro atoms. The first-order valence-corrected chi connectivity index (χ1v) is 8.02. The van der Waals surface area contributed by atoms with Gasteiger partial charge in [0.05, 0.1) is 13.2 Å². The van der Waals surface area contributed by atoms with Crippen LogP contribution in [-0.2, 0) is 11.2 Å². The van der Waals surface area contributed by atoms with Crippen LogP contribution in [0.5, 0.6) is 5.75 Å². The Morgan fingerprint density at radius 3 is 2.71 bits per heavy atom. The summed E-state index contributed by atoms with van der Waals surface area (Å²) in [5, 5.41) is 0. The summed E-state index contributed by atoms with van der Waals surface area (Å²) in [5.74, 6) is 6.59. The summed E-state index contributed by atoms with van der Waals surface area (Å²) in [6, 6.07) is 8.62. The fourth-order valence-corrected chi connectivity index (χ4v) is 2.87. The van der Waals surface area contributed by atoms with Crippen LogP contribution < -0.4 is 16.0 Å². The van der Waals surface area contributed by atoms with Gasteiger partial charge in [0.25, 0.3) is 0 Å². The molecule has 2 unspecified atom stereocenters. The van der Waals surface area contributed by atoms with Crippen molar-refractivity contribution in [3.63, 3.8) is 0 Å². The number of rotatable bonds is 8. The van der Waals surface area contributed by atoms with Crippen LogP contribution in [0.15, 0.2) is 24.3 Å². The fraction of sp³-hybridized carbons (Fsp3) is 0.647. The highest BCUT2D eigenvalue weighted by molar-refractivity contribution is 5.27. The lowest BCUT2D eigenvalue weighted by atomic mass is 9.98. The molecule has 0 aromatic heterocycles. The Bertz CT molecular complexity index is 388. The first kappa shape index (κ1) is 16.3. The van der Waals surface area contributed by atoms with Crippen molar-refractivity contribution in [3.8, 4) is 5.75 Å². The Balaban J connectivity index is 1.70. The number of hydrogen-bond donors (Lipinski definition) is 2. The van der Waals surface area contributed by atoms with E-state index >= 15 is 0 Å². The van der Waals surface area contributed by atoms with Crippen molar-refractivity contribution in [2.75, 3.05) is 13.7 Å². The van der Waals surface area contributed by atoms with E-state index in [1.54, 1.807) is 7.11 Å². The molecule has 2 atom stereocenters. The molecule has 3 N–H and O–H groups in total. The van der Waals surface area contributed by atoms with Gasteiger partial charge in [-0.05, 0) is 62.6 Å². The lowest BCUT2D eigenvalue weighted by Gasteiger charge is -2.24. The molecule has 118 valence electrons. The third kappa shape index (κ3) is 5.65. The van der Waals surface area contributed by atoms with Gasteiger partial charge in [0, 0.05) is 12.6 Å². The van der Waals surface area contributed by atoms with Gasteiger partial charge in [-0.1, -0.05) is 12.1 Å². The lowest BCUT2D eigenvalue weighted by Crippen LogP contribution is -2.36. The van der Waals surface area contributed by atoms with E-state index in [4.69, 9.17) is 15.3 Å². The van der Waals surface area contributed by atoms with Crippen molar-refractivity contribution in [2.24, 2.45) is 5.84 Å². The predicted octanol–water partition coefficient (Wildman–Crippen LogP) is 2.81. The molecule has 0 saturated carbocycles. The number of hydrogen-bond acceptors (Lipinski definition) is 4. The second kappa shape index (κ2) is 9.03. The first-order valence-electron chi connectivity index (χ1n) is 8.02. The molecule has 1 aliphatic heterocycles. The summed E-state index contributed by atoms with van der Waals surface area (Å²) in [6.07, 6.45) is 8.43. The summed E-state index contributed by atoms with van der Waals surface area (Å²) >= 11 is 0. The molecule has 1 heterocycles. The Kier molecular flexibility index (Phi) is 7.00. The van der Waals surface area contributed by atoms with E-state index in [9.17, 15) is 0 Å². The highest BCUT2D eigenvalue weighted by atomic mass is 16.5. The van der Waals surface area contributed by atoms with Crippen LogP contribution in [0.1, 0.15) is 44.1 Å². The number of aryl methyl sites for hydroxylation is 1. The fourth-order valence-electron chi connectivity index (χ4n) is 2.87. The van der Waals surface area contributed by atoms with Gasteiger partial charge in [0.2, 0.25) is 0 Å². The minimum Gasteiger partial charge on any atom is -0.497 e. The topological polar surface area (TPSA) is 56.5 Å². The maximum Gasteiger partial charge on any atom is 0.118 e. The summed E-state index contributed by atoms with van der Waals surface area (Å²) in [4.78, 5) is 0. The van der Waals surface area contributed by atoms with Crippen molar-refractivity contribution >= 4 is 0 Å². The number of nitrogens with one attached hydrogen (secondary N) is 1. The van der Waals surface area contributed by atoms with Gasteiger partial charge in [-0.25, -0.2) is 0 Å². The van der Waals surface area contributed by atoms with Crippen LogP contribution in [-0.4, -0.2) is 25.9 Å². The smallest absolute Gasteiger partial charge is 0.118 e. The van der Waals surface area contributed by atoms with Crippen LogP contribution in [0.4, 0.5) is 0 Å². The van der Waals surface area contributed by atoms with Crippen LogP contribution in [0.3, 0.4) is 0 Å². The van der Waals surface area contributed by atoms with Crippen molar-refractivity contribution in [1.82, 2.24) is 5.43 Å². The third-order valence-electron chi connectivity index (χ3n) is 4.29. The summed E-state index contributed by atoms with van der Waals surface area (Å²) in [6.45, 7) is 0.928. The molecule has 0 amide bonds. The molecule has 0 radical (unpaired) electrons. The zero-order valence-corrected chi connectivity index (χ0v) is 13.0. The summed E-state index contributed by atoms with van der Waals surface area (Å²) < 4.78 is 11.0. The third-order valence-corrected chi connectivity index (χ3v) is 4.29. The number of ether oxygens (including phenoxy) is 2. The predicted molar refractivity (Wildman–Crippen MR) is 85.3 cm³/mol. The molecule has 1 aliphatic rings. The average Bonchev–Trinajstić information content (AvgIpc) is 2.56. The van der Waals surface area contributed by atoms with Gasteiger partial charge >= 0.3 is 0 Å². The van der Waals surface area contributed by atoms with Crippen molar-refractivity contribution in [3.05, 3.63) is 29.8 Å². The molecule has 0 aliphatic carbocycles. The van der Waals surface area contributed by atoms with Crippen molar-refractivity contribution < 1.29 is 9.47 Å². The van der Waals surface area contributed by atoms with E-state index in [0.717, 1.165) is 38.0 Å². The highest BCUT2D eigenvalue weighted by Gasteiger charge is 2.16. The first-order chi connectivity index (χ1) is 10.3. The molecular weight excluding hydrogens is 264 g/mol. The second-order valence-corrected chi connectivity index (χ2v) is 5.82. The molecule has 21 heavy (non-hydrogen) atoms. The standard InChI is InChI=1S/C17H28N2O2/c1-20-16-10-6-14(7-11-16)5-8-15(19-18)9-12-17-4-2-3-13-21-17/h6-7,10-11,15,17,19H,2-5,8-9,12-13,18H2,1H3. The molecule has 4 nitrogen and oxygen atoms in total. The minimum atomic E-state index is 0.359. The van der Waals surface area contributed by atoms with Crippen LogP contribution in [0.25, 0.3) is 0 Å². The molecule has 0 bridgehead atoms. The number of methoxy groups -OCH3 is 1. The second-order valence-electron chi connectivity index (χ2n) is 5.82. The van der Waals surface area contributed by atoms with E-state index in [1.807, 2.05) is 12.1 Å². The quantitative estimate of drug-likeness (QED) is 0.571. The van der Waals surface area contributed by atoms with Gasteiger partial charge in [-0.2, -0.15) is 0 Å². The van der Waals surface area contributed by atoms with E-state index < -0.39 is 0 Å². The lowest BCUT2D eigenvalue weighted by molar-refractivity contribution is 0.00845. The van der Waals surface area contributed by atoms with Gasteiger partial charge in [-0.15, -0.1) is 0 Å². The van der Waals surface area contributed by atoms with Gasteiger partial charge in [0.15, 0.2) is 0 Å². The largest absolute Gasteiger partial charge is 0.497 e. The average molecular weight is 292 g/mol. The molecule has 1 aromatic carbocycles. The Labute approximate surface area is 128 Å². The van der Waals surface area contributed by atoms with Crippen molar-refractivity contribution in [1.29, 1.82) is 0 Å². The maximum absolute atomic E-state index is 5.78.